The maximum atomic E-state index is 13.5. The van der Waals surface area contributed by atoms with Gasteiger partial charge in [0.1, 0.15) is 11.5 Å². The van der Waals surface area contributed by atoms with Gasteiger partial charge in [-0.05, 0) is 18.6 Å². The van der Waals surface area contributed by atoms with Crippen molar-refractivity contribution in [3.63, 3.8) is 0 Å². The summed E-state index contributed by atoms with van der Waals surface area (Å²) in [4.78, 5) is 0. The first-order valence-corrected chi connectivity index (χ1v) is 6.26. The van der Waals surface area contributed by atoms with Gasteiger partial charge in [0.25, 0.3) is 0 Å². The van der Waals surface area contributed by atoms with Crippen LogP contribution in [0.1, 0.15) is 13.3 Å². The van der Waals surface area contributed by atoms with E-state index in [4.69, 9.17) is 28.9 Å². The van der Waals surface area contributed by atoms with Crippen LogP contribution in [0.25, 0.3) is 11.3 Å². The molecule has 0 atom stereocenters. The molecule has 6 heteroatoms. The van der Waals surface area contributed by atoms with Gasteiger partial charge in [0.15, 0.2) is 0 Å². The van der Waals surface area contributed by atoms with Gasteiger partial charge in [0.2, 0.25) is 0 Å². The molecule has 2 rings (SSSR count). The van der Waals surface area contributed by atoms with Crippen LogP contribution in [0.4, 0.5) is 10.1 Å². The molecule has 0 aliphatic carbocycles. The highest BCUT2D eigenvalue weighted by molar-refractivity contribution is 6.36. The number of nitrogens with two attached hydrogens (primary N) is 1. The molecule has 2 aromatic rings. The summed E-state index contributed by atoms with van der Waals surface area (Å²) in [5.74, 6) is -0.541. The molecule has 3 nitrogen and oxygen atoms in total. The zero-order valence-electron chi connectivity index (χ0n) is 9.75. The van der Waals surface area contributed by atoms with Crippen LogP contribution in [0, 0.1) is 5.82 Å². The van der Waals surface area contributed by atoms with E-state index in [-0.39, 0.29) is 5.02 Å². The molecule has 1 aromatic heterocycles. The van der Waals surface area contributed by atoms with E-state index >= 15 is 0 Å². The lowest BCUT2D eigenvalue weighted by molar-refractivity contribution is 0.604. The summed E-state index contributed by atoms with van der Waals surface area (Å²) in [5, 5.41) is 4.61. The maximum absolute atomic E-state index is 13.5. The maximum Gasteiger partial charge on any atom is 0.142 e. The van der Waals surface area contributed by atoms with Crippen LogP contribution in [-0.2, 0) is 6.54 Å². The minimum Gasteiger partial charge on any atom is -0.396 e. The number of anilines is 1. The molecule has 0 fully saturated rings. The van der Waals surface area contributed by atoms with Crippen LogP contribution >= 0.6 is 23.2 Å². The first-order chi connectivity index (χ1) is 8.52. The Labute approximate surface area is 114 Å². The lowest BCUT2D eigenvalue weighted by Crippen LogP contribution is -1.97. The Kier molecular flexibility index (Phi) is 3.78. The fourth-order valence-corrected chi connectivity index (χ4v) is 2.17. The van der Waals surface area contributed by atoms with Crippen LogP contribution in [0.3, 0.4) is 0 Å². The number of halogens is 3. The van der Waals surface area contributed by atoms with Gasteiger partial charge in [-0.2, -0.15) is 5.10 Å². The number of aromatic nitrogens is 2. The van der Waals surface area contributed by atoms with E-state index in [1.165, 1.54) is 12.1 Å². The summed E-state index contributed by atoms with van der Waals surface area (Å²) < 4.78 is 15.2. The molecule has 0 aliphatic rings. The number of aryl methyl sites for hydroxylation is 1. The highest BCUT2D eigenvalue weighted by Crippen LogP contribution is 2.34. The smallest absolute Gasteiger partial charge is 0.142 e. The van der Waals surface area contributed by atoms with Gasteiger partial charge in [0.05, 0.1) is 15.7 Å². The van der Waals surface area contributed by atoms with Crippen molar-refractivity contribution in [3.8, 4) is 11.3 Å². The average Bonchev–Trinajstić information content (AvgIpc) is 2.65. The Morgan fingerprint density at radius 2 is 2.06 bits per heavy atom. The summed E-state index contributed by atoms with van der Waals surface area (Å²) in [6.07, 6.45) is 2.64. The van der Waals surface area contributed by atoms with Crippen LogP contribution in [-0.4, -0.2) is 9.78 Å². The highest BCUT2D eigenvalue weighted by atomic mass is 35.5. The third kappa shape index (κ3) is 2.44. The predicted molar refractivity (Wildman–Crippen MR) is 72.3 cm³/mol. The van der Waals surface area contributed by atoms with E-state index in [2.05, 4.69) is 5.10 Å². The lowest BCUT2D eigenvalue weighted by Gasteiger charge is -2.04. The second-order valence-electron chi connectivity index (χ2n) is 3.94. The van der Waals surface area contributed by atoms with Crippen LogP contribution in [0.2, 0.25) is 10.0 Å². The molecular weight excluding hydrogens is 276 g/mol. The number of benzene rings is 1. The van der Waals surface area contributed by atoms with Crippen LogP contribution in [0.15, 0.2) is 18.3 Å². The molecule has 1 heterocycles. The summed E-state index contributed by atoms with van der Waals surface area (Å²) in [7, 11) is 0. The molecule has 1 aromatic carbocycles. The van der Waals surface area contributed by atoms with Gasteiger partial charge >= 0.3 is 0 Å². The van der Waals surface area contributed by atoms with Gasteiger partial charge in [-0.3, -0.25) is 4.68 Å². The van der Waals surface area contributed by atoms with Crippen molar-refractivity contribution >= 4 is 28.9 Å². The average molecular weight is 288 g/mol. The topological polar surface area (TPSA) is 43.8 Å². The van der Waals surface area contributed by atoms with E-state index in [9.17, 15) is 4.39 Å². The second-order valence-corrected chi connectivity index (χ2v) is 4.76. The van der Waals surface area contributed by atoms with Crippen molar-refractivity contribution < 1.29 is 4.39 Å². The van der Waals surface area contributed by atoms with Crippen molar-refractivity contribution in [2.45, 2.75) is 19.9 Å². The number of nitrogen functional groups attached to an aromatic ring is 1. The predicted octanol–water partition coefficient (Wildman–Crippen LogP) is 3.99. The van der Waals surface area contributed by atoms with E-state index < -0.39 is 5.82 Å². The van der Waals surface area contributed by atoms with Gasteiger partial charge in [-0.1, -0.05) is 30.1 Å². The largest absolute Gasteiger partial charge is 0.396 e. The quantitative estimate of drug-likeness (QED) is 0.868. The van der Waals surface area contributed by atoms with Crippen molar-refractivity contribution in [2.75, 3.05) is 5.73 Å². The van der Waals surface area contributed by atoms with E-state index in [1.54, 1.807) is 10.9 Å². The summed E-state index contributed by atoms with van der Waals surface area (Å²) in [5.41, 5.74) is 7.25. The fourth-order valence-electron chi connectivity index (χ4n) is 1.69. The number of nitrogens with zero attached hydrogens (tertiary/aromatic N) is 2. The molecule has 18 heavy (non-hydrogen) atoms. The molecular formula is C12H12Cl2FN3. The molecule has 0 aliphatic heterocycles. The van der Waals surface area contributed by atoms with Gasteiger partial charge in [-0.15, -0.1) is 0 Å². The minimum absolute atomic E-state index is 0.0182. The SMILES string of the molecule is CCCn1cc(N)c(-c2cc(F)c(Cl)cc2Cl)n1. The molecule has 0 radical (unpaired) electrons. The number of hydrogen-bond donors (Lipinski definition) is 1. The second kappa shape index (κ2) is 5.16. The van der Waals surface area contributed by atoms with Gasteiger partial charge in [-0.25, -0.2) is 4.39 Å². The third-order valence-electron chi connectivity index (χ3n) is 2.51. The zero-order chi connectivity index (χ0) is 13.3. The Morgan fingerprint density at radius 1 is 1.33 bits per heavy atom. The number of rotatable bonds is 3. The standard InChI is InChI=1S/C12H12Cl2FN3/c1-2-3-18-6-11(16)12(17-18)7-4-10(15)9(14)5-8(7)13/h4-6H,2-3,16H2,1H3. The van der Waals surface area contributed by atoms with Crippen LogP contribution in [0.5, 0.6) is 0 Å². The molecule has 0 spiro atoms. The summed E-state index contributed by atoms with van der Waals surface area (Å²) in [6.45, 7) is 2.78. The van der Waals surface area contributed by atoms with Crippen molar-refractivity contribution in [2.24, 2.45) is 0 Å². The van der Waals surface area contributed by atoms with Crippen molar-refractivity contribution in [1.82, 2.24) is 9.78 Å². The van der Waals surface area contributed by atoms with Gasteiger partial charge in [0, 0.05) is 18.3 Å². The Morgan fingerprint density at radius 3 is 2.72 bits per heavy atom. The van der Waals surface area contributed by atoms with E-state index in [0.717, 1.165) is 13.0 Å². The fraction of sp³-hybridized carbons (Fsp3) is 0.250. The van der Waals surface area contributed by atoms with Gasteiger partial charge < -0.3 is 5.73 Å². The van der Waals surface area contributed by atoms with Crippen molar-refractivity contribution in [3.05, 3.63) is 34.2 Å². The Bertz CT molecular complexity index is 581. The Balaban J connectivity index is 2.51. The lowest BCUT2D eigenvalue weighted by atomic mass is 10.1. The summed E-state index contributed by atoms with van der Waals surface area (Å²) >= 11 is 11.7. The third-order valence-corrected chi connectivity index (χ3v) is 3.11. The molecule has 2 N–H and O–H groups in total. The van der Waals surface area contributed by atoms with E-state index in [1.807, 2.05) is 6.92 Å². The Hall–Kier alpha value is -1.26. The molecule has 0 saturated heterocycles. The highest BCUT2D eigenvalue weighted by Gasteiger charge is 2.14. The first kappa shape index (κ1) is 13.2. The number of hydrogen-bond acceptors (Lipinski definition) is 2. The first-order valence-electron chi connectivity index (χ1n) is 5.50. The van der Waals surface area contributed by atoms with Crippen LogP contribution < -0.4 is 5.73 Å². The molecule has 0 amide bonds. The normalized spacial score (nSPS) is 10.9. The molecule has 0 bridgehead atoms. The van der Waals surface area contributed by atoms with Crippen molar-refractivity contribution in [1.29, 1.82) is 0 Å². The summed E-state index contributed by atoms with van der Waals surface area (Å²) in [6, 6.07) is 2.60. The molecule has 0 unspecified atom stereocenters. The molecule has 0 saturated carbocycles. The minimum atomic E-state index is -0.541. The monoisotopic (exact) mass is 287 g/mol. The molecule has 96 valence electrons. The zero-order valence-corrected chi connectivity index (χ0v) is 11.3. The van der Waals surface area contributed by atoms with E-state index in [0.29, 0.717) is 22.0 Å².